The van der Waals surface area contributed by atoms with E-state index in [0.29, 0.717) is 30.3 Å². The van der Waals surface area contributed by atoms with Gasteiger partial charge in [-0.2, -0.15) is 0 Å². The minimum Gasteiger partial charge on any atom is -0.481 e. The lowest BCUT2D eigenvalue weighted by molar-refractivity contribution is -0.139. The average molecular weight is 396 g/mol. The Hall–Kier alpha value is -2.89. The van der Waals surface area contributed by atoms with Crippen LogP contribution >= 0.6 is 0 Å². The molecule has 0 saturated carbocycles. The number of likely N-dealkylation sites (tertiary alicyclic amines) is 1. The number of carbonyl (C=O) groups excluding carboxylic acids is 2. The molecule has 0 spiro atoms. The molecule has 1 aromatic heterocycles. The van der Waals surface area contributed by atoms with Gasteiger partial charge in [-0.25, -0.2) is 0 Å². The summed E-state index contributed by atoms with van der Waals surface area (Å²) in [6.45, 7) is 5.19. The molecule has 1 unspecified atom stereocenters. The first-order valence-electron chi connectivity index (χ1n) is 10.0. The van der Waals surface area contributed by atoms with Crippen molar-refractivity contribution in [3.05, 3.63) is 59.4 Å². The predicted molar refractivity (Wildman–Crippen MR) is 112 cm³/mol. The lowest BCUT2D eigenvalue weighted by atomic mass is 9.92. The predicted octanol–water partition coefficient (Wildman–Crippen LogP) is 3.27. The monoisotopic (exact) mass is 395 g/mol. The number of piperidine rings is 1. The summed E-state index contributed by atoms with van der Waals surface area (Å²) in [5.41, 5.74) is 2.73. The van der Waals surface area contributed by atoms with Gasteiger partial charge >= 0.3 is 0 Å². The molecule has 2 aromatic rings. The molecule has 29 heavy (non-hydrogen) atoms. The molecule has 1 aliphatic heterocycles. The molecular formula is C23H29N3O3. The summed E-state index contributed by atoms with van der Waals surface area (Å²) in [4.78, 5) is 32.6. The molecule has 1 aliphatic rings. The Morgan fingerprint density at radius 2 is 1.76 bits per heavy atom. The topological polar surface area (TPSA) is 62.7 Å². The zero-order valence-electron chi connectivity index (χ0n) is 17.6. The molecule has 1 saturated heterocycles. The summed E-state index contributed by atoms with van der Waals surface area (Å²) >= 11 is 0. The Morgan fingerprint density at radius 3 is 2.31 bits per heavy atom. The second-order valence-electron chi connectivity index (χ2n) is 7.84. The van der Waals surface area contributed by atoms with Gasteiger partial charge in [0, 0.05) is 45.0 Å². The fraction of sp³-hybridized carbons (Fsp3) is 0.435. The van der Waals surface area contributed by atoms with Crippen molar-refractivity contribution in [2.24, 2.45) is 0 Å². The van der Waals surface area contributed by atoms with E-state index in [0.717, 1.165) is 24.1 Å². The summed E-state index contributed by atoms with van der Waals surface area (Å²) in [6.07, 6.45) is 2.85. The van der Waals surface area contributed by atoms with Crippen molar-refractivity contribution < 1.29 is 14.3 Å². The fourth-order valence-corrected chi connectivity index (χ4v) is 3.56. The van der Waals surface area contributed by atoms with Crippen LogP contribution in [0.25, 0.3) is 0 Å². The van der Waals surface area contributed by atoms with Crippen LogP contribution in [0, 0.1) is 6.92 Å². The summed E-state index contributed by atoms with van der Waals surface area (Å²) < 4.78 is 5.81. The highest BCUT2D eigenvalue weighted by atomic mass is 16.5. The summed E-state index contributed by atoms with van der Waals surface area (Å²) in [5.74, 6) is 0.981. The van der Waals surface area contributed by atoms with E-state index in [4.69, 9.17) is 4.74 Å². The van der Waals surface area contributed by atoms with E-state index in [9.17, 15) is 9.59 Å². The van der Waals surface area contributed by atoms with Gasteiger partial charge in [0.25, 0.3) is 11.8 Å². The maximum atomic E-state index is 12.7. The third kappa shape index (κ3) is 5.13. The number of carbonyl (C=O) groups is 2. The van der Waals surface area contributed by atoms with Crippen LogP contribution in [0.2, 0.25) is 0 Å². The second-order valence-corrected chi connectivity index (χ2v) is 7.84. The van der Waals surface area contributed by atoms with E-state index < -0.39 is 6.10 Å². The maximum absolute atomic E-state index is 12.7. The Kier molecular flexibility index (Phi) is 6.52. The Bertz CT molecular complexity index is 839. The molecule has 0 N–H and O–H groups in total. The maximum Gasteiger partial charge on any atom is 0.263 e. The number of nitrogens with zero attached hydrogens (tertiary/aromatic N) is 3. The van der Waals surface area contributed by atoms with Gasteiger partial charge in [0.2, 0.25) is 0 Å². The number of aromatic nitrogens is 1. The van der Waals surface area contributed by atoms with Crippen LogP contribution in [0.15, 0.2) is 42.6 Å². The van der Waals surface area contributed by atoms with E-state index in [1.165, 1.54) is 0 Å². The molecule has 0 bridgehead atoms. The van der Waals surface area contributed by atoms with Crippen LogP contribution in [-0.2, 0) is 4.79 Å². The molecule has 0 aliphatic carbocycles. The minimum absolute atomic E-state index is 0.0175. The highest BCUT2D eigenvalue weighted by Gasteiger charge is 2.28. The van der Waals surface area contributed by atoms with Gasteiger partial charge in [0.05, 0.1) is 5.56 Å². The molecule has 1 fully saturated rings. The Morgan fingerprint density at radius 1 is 1.10 bits per heavy atom. The Balaban J connectivity index is 1.53. The largest absolute Gasteiger partial charge is 0.481 e. The van der Waals surface area contributed by atoms with Crippen molar-refractivity contribution in [3.8, 4) is 5.75 Å². The fourth-order valence-electron chi connectivity index (χ4n) is 3.56. The van der Waals surface area contributed by atoms with E-state index in [1.54, 1.807) is 32.1 Å². The number of rotatable bonds is 5. The number of amides is 2. The van der Waals surface area contributed by atoms with Crippen LogP contribution in [0.1, 0.15) is 47.3 Å². The van der Waals surface area contributed by atoms with Crippen LogP contribution in [0.5, 0.6) is 5.75 Å². The van der Waals surface area contributed by atoms with Gasteiger partial charge in [0.1, 0.15) is 5.75 Å². The van der Waals surface area contributed by atoms with Gasteiger partial charge < -0.3 is 14.5 Å². The van der Waals surface area contributed by atoms with Crippen LogP contribution in [-0.4, -0.2) is 59.9 Å². The standard InChI is InChI=1S/C23H29N3O3/c1-16-5-8-20(9-6-16)29-17(2)22(27)26-13-11-18(12-14-26)21-10-7-19(15-24-21)23(28)25(3)4/h5-10,15,17-18H,11-14H2,1-4H3. The van der Waals surface area contributed by atoms with E-state index in [-0.39, 0.29) is 11.8 Å². The smallest absolute Gasteiger partial charge is 0.263 e. The SMILES string of the molecule is Cc1ccc(OC(C)C(=O)N2CCC(c3ccc(C(=O)N(C)C)cn3)CC2)cc1. The van der Waals surface area contributed by atoms with Crippen LogP contribution in [0.3, 0.4) is 0 Å². The van der Waals surface area contributed by atoms with Gasteiger partial charge in [-0.1, -0.05) is 17.7 Å². The first kappa shape index (κ1) is 20.8. The third-order valence-corrected chi connectivity index (χ3v) is 5.35. The van der Waals surface area contributed by atoms with Crippen molar-refractivity contribution in [3.63, 3.8) is 0 Å². The molecule has 6 heteroatoms. The lowest BCUT2D eigenvalue weighted by Crippen LogP contribution is -2.44. The van der Waals surface area contributed by atoms with Crippen molar-refractivity contribution in [1.82, 2.24) is 14.8 Å². The molecule has 3 rings (SSSR count). The summed E-state index contributed by atoms with van der Waals surface area (Å²) in [6, 6.07) is 11.5. The molecule has 154 valence electrons. The van der Waals surface area contributed by atoms with E-state index >= 15 is 0 Å². The van der Waals surface area contributed by atoms with Crippen molar-refractivity contribution in [2.75, 3.05) is 27.2 Å². The molecular weight excluding hydrogens is 366 g/mol. The molecule has 1 aromatic carbocycles. The van der Waals surface area contributed by atoms with Crippen LogP contribution < -0.4 is 4.74 Å². The van der Waals surface area contributed by atoms with E-state index in [1.807, 2.05) is 48.2 Å². The summed E-state index contributed by atoms with van der Waals surface area (Å²) in [5, 5.41) is 0. The van der Waals surface area contributed by atoms with Gasteiger partial charge in [-0.3, -0.25) is 14.6 Å². The minimum atomic E-state index is -0.510. The first-order chi connectivity index (χ1) is 13.8. The van der Waals surface area contributed by atoms with Crippen molar-refractivity contribution in [1.29, 1.82) is 0 Å². The number of hydrogen-bond donors (Lipinski definition) is 0. The quantitative estimate of drug-likeness (QED) is 0.780. The molecule has 6 nitrogen and oxygen atoms in total. The number of hydrogen-bond acceptors (Lipinski definition) is 4. The molecule has 2 heterocycles. The highest BCUT2D eigenvalue weighted by molar-refractivity contribution is 5.93. The average Bonchev–Trinajstić information content (AvgIpc) is 2.74. The molecule has 1 atom stereocenters. The lowest BCUT2D eigenvalue weighted by Gasteiger charge is -2.33. The summed E-state index contributed by atoms with van der Waals surface area (Å²) in [7, 11) is 3.46. The molecule has 0 radical (unpaired) electrons. The van der Waals surface area contributed by atoms with Gasteiger partial charge in [-0.15, -0.1) is 0 Å². The van der Waals surface area contributed by atoms with E-state index in [2.05, 4.69) is 4.98 Å². The zero-order chi connectivity index (χ0) is 21.0. The zero-order valence-corrected chi connectivity index (χ0v) is 17.6. The molecule has 2 amide bonds. The van der Waals surface area contributed by atoms with Crippen molar-refractivity contribution in [2.45, 2.75) is 38.7 Å². The number of benzene rings is 1. The third-order valence-electron chi connectivity index (χ3n) is 5.35. The number of ether oxygens (including phenoxy) is 1. The first-order valence-corrected chi connectivity index (χ1v) is 10.0. The second kappa shape index (κ2) is 9.07. The number of pyridine rings is 1. The van der Waals surface area contributed by atoms with Gasteiger partial charge in [0.15, 0.2) is 6.10 Å². The van der Waals surface area contributed by atoms with Crippen LogP contribution in [0.4, 0.5) is 0 Å². The van der Waals surface area contributed by atoms with Gasteiger partial charge in [-0.05, 0) is 51.0 Å². The highest BCUT2D eigenvalue weighted by Crippen LogP contribution is 2.27. The number of aryl methyl sites for hydroxylation is 1. The normalized spacial score (nSPS) is 15.7. The Labute approximate surface area is 172 Å². The van der Waals surface area contributed by atoms with Crippen molar-refractivity contribution >= 4 is 11.8 Å².